The minimum atomic E-state index is -0.264. The fourth-order valence-corrected chi connectivity index (χ4v) is 3.95. The van der Waals surface area contributed by atoms with E-state index in [9.17, 15) is 9.90 Å². The number of benzene rings is 2. The van der Waals surface area contributed by atoms with Crippen LogP contribution in [0.1, 0.15) is 48.9 Å². The summed E-state index contributed by atoms with van der Waals surface area (Å²) in [4.78, 5) is 17.4. The number of rotatable bonds is 10. The van der Waals surface area contributed by atoms with Gasteiger partial charge in [0, 0.05) is 37.0 Å². The van der Waals surface area contributed by atoms with E-state index in [1.54, 1.807) is 29.7 Å². The van der Waals surface area contributed by atoms with E-state index in [0.717, 1.165) is 16.8 Å². The fourth-order valence-electron chi connectivity index (χ4n) is 3.72. The van der Waals surface area contributed by atoms with Crippen molar-refractivity contribution in [2.75, 3.05) is 6.61 Å². The van der Waals surface area contributed by atoms with Crippen LogP contribution in [0.4, 0.5) is 0 Å². The van der Waals surface area contributed by atoms with Crippen LogP contribution in [0.15, 0.2) is 53.8 Å². The van der Waals surface area contributed by atoms with E-state index in [1.165, 1.54) is 0 Å². The van der Waals surface area contributed by atoms with E-state index in [4.69, 9.17) is 21.5 Å². The molecule has 2 aromatic carbocycles. The molecule has 1 heterocycles. The molecule has 1 atom stereocenters. The summed E-state index contributed by atoms with van der Waals surface area (Å²) in [6, 6.07) is 12.6. The van der Waals surface area contributed by atoms with Gasteiger partial charge in [-0.1, -0.05) is 41.0 Å². The second kappa shape index (κ2) is 11.9. The summed E-state index contributed by atoms with van der Waals surface area (Å²) >= 11 is 6.28. The largest absolute Gasteiger partial charge is 0.489 e. The number of aryl methyl sites for hydroxylation is 1. The third-order valence-electron chi connectivity index (χ3n) is 5.45. The molecule has 0 aliphatic carbocycles. The lowest BCUT2D eigenvalue weighted by atomic mass is 10.0. The van der Waals surface area contributed by atoms with Crippen LogP contribution in [0.5, 0.6) is 5.75 Å². The first-order valence-electron chi connectivity index (χ1n) is 11.4. The highest BCUT2D eigenvalue weighted by atomic mass is 35.5. The minimum Gasteiger partial charge on any atom is -0.489 e. The van der Waals surface area contributed by atoms with Crippen molar-refractivity contribution in [3.63, 3.8) is 0 Å². The molecule has 3 rings (SSSR count). The molecule has 0 aliphatic rings. The van der Waals surface area contributed by atoms with E-state index < -0.39 is 0 Å². The zero-order valence-electron chi connectivity index (χ0n) is 20.3. The van der Waals surface area contributed by atoms with Crippen LogP contribution >= 0.6 is 11.6 Å². The summed E-state index contributed by atoms with van der Waals surface area (Å²) in [6.07, 6.45) is 2.82. The number of nitrogens with one attached hydrogen (secondary N) is 1. The van der Waals surface area contributed by atoms with Gasteiger partial charge in [0.05, 0.1) is 16.8 Å². The summed E-state index contributed by atoms with van der Waals surface area (Å²) < 4.78 is 7.43. The fraction of sp³-hybridized carbons (Fsp3) is 0.346. The van der Waals surface area contributed by atoms with Crippen LogP contribution in [-0.4, -0.2) is 50.2 Å². The molecule has 0 spiro atoms. The average molecular weight is 499 g/mol. The van der Waals surface area contributed by atoms with Crippen LogP contribution in [0, 0.1) is 0 Å². The molecule has 8 nitrogen and oxygen atoms in total. The van der Waals surface area contributed by atoms with Crippen LogP contribution in [0.3, 0.4) is 0 Å². The maximum absolute atomic E-state index is 12.8. The standard InChI is InChI=1S/C26H31ClN4O4/c1-16(2)35-24-10-9-20(14-22(24)27)26(33)28-21(11-12-32)13-18-5-7-19(8-6-18)23-15-31(4)25(29-23)17(3)30-34/h5-10,14-16,21,32,34H,11-13H2,1-4H3,(H,28,33). The number of halogens is 1. The zero-order chi connectivity index (χ0) is 25.5. The van der Waals surface area contributed by atoms with E-state index in [1.807, 2.05) is 51.4 Å². The molecule has 1 aromatic heterocycles. The highest BCUT2D eigenvalue weighted by Crippen LogP contribution is 2.26. The predicted octanol–water partition coefficient (Wildman–Crippen LogP) is 4.45. The molecule has 0 bridgehead atoms. The summed E-state index contributed by atoms with van der Waals surface area (Å²) in [7, 11) is 1.84. The van der Waals surface area contributed by atoms with Crippen molar-refractivity contribution in [1.82, 2.24) is 14.9 Å². The first kappa shape index (κ1) is 26.2. The lowest BCUT2D eigenvalue weighted by Gasteiger charge is -2.19. The highest BCUT2D eigenvalue weighted by molar-refractivity contribution is 6.32. The molecule has 0 fully saturated rings. The molecule has 1 unspecified atom stereocenters. The SMILES string of the molecule is CC(=NO)c1nc(-c2ccc(CC(CCO)NC(=O)c3ccc(OC(C)C)c(Cl)c3)cc2)cn1C. The summed E-state index contributed by atoms with van der Waals surface area (Å²) in [5.41, 5.74) is 3.55. The number of hydrogen-bond donors (Lipinski definition) is 3. The molecule has 0 aliphatic heterocycles. The summed E-state index contributed by atoms with van der Waals surface area (Å²) in [5, 5.41) is 25.1. The third-order valence-corrected chi connectivity index (χ3v) is 5.75. The molecule has 0 saturated carbocycles. The number of nitrogens with zero attached hydrogens (tertiary/aromatic N) is 3. The first-order chi connectivity index (χ1) is 16.7. The predicted molar refractivity (Wildman–Crippen MR) is 137 cm³/mol. The third kappa shape index (κ3) is 6.83. The Labute approximate surface area is 210 Å². The molecule has 0 radical (unpaired) electrons. The Hall–Kier alpha value is -3.36. The number of ether oxygens (including phenoxy) is 1. The molecule has 35 heavy (non-hydrogen) atoms. The average Bonchev–Trinajstić information content (AvgIpc) is 3.21. The maximum Gasteiger partial charge on any atom is 0.251 e. The lowest BCUT2D eigenvalue weighted by molar-refractivity contribution is 0.0930. The van der Waals surface area contributed by atoms with Gasteiger partial charge in [-0.05, 0) is 57.4 Å². The number of imidazole rings is 1. The van der Waals surface area contributed by atoms with Crippen molar-refractivity contribution < 1.29 is 19.8 Å². The van der Waals surface area contributed by atoms with E-state index in [-0.39, 0.29) is 24.7 Å². The van der Waals surface area contributed by atoms with Crippen molar-refractivity contribution >= 4 is 23.2 Å². The van der Waals surface area contributed by atoms with Crippen LogP contribution in [0.2, 0.25) is 5.02 Å². The Morgan fingerprint density at radius 3 is 2.54 bits per heavy atom. The number of aliphatic hydroxyl groups is 1. The Kier molecular flexibility index (Phi) is 8.89. The molecule has 3 aromatic rings. The van der Waals surface area contributed by atoms with Gasteiger partial charge in [0.15, 0.2) is 5.82 Å². The number of aliphatic hydroxyl groups excluding tert-OH is 1. The van der Waals surface area contributed by atoms with Gasteiger partial charge in [0.25, 0.3) is 5.91 Å². The second-order valence-electron chi connectivity index (χ2n) is 8.64. The number of aromatic nitrogens is 2. The Balaban J connectivity index is 1.69. The number of amides is 1. The smallest absolute Gasteiger partial charge is 0.251 e. The van der Waals surface area contributed by atoms with Crippen LogP contribution < -0.4 is 10.1 Å². The molecular formula is C26H31ClN4O4. The first-order valence-corrected chi connectivity index (χ1v) is 11.8. The minimum absolute atomic E-state index is 0.0225. The molecule has 3 N–H and O–H groups in total. The number of carbonyl (C=O) groups excluding carboxylic acids is 1. The molecule has 186 valence electrons. The topological polar surface area (TPSA) is 109 Å². The Bertz CT molecular complexity index is 1190. The van der Waals surface area contributed by atoms with Crippen molar-refractivity contribution in [2.24, 2.45) is 12.2 Å². The van der Waals surface area contributed by atoms with Crippen molar-refractivity contribution in [3.05, 3.63) is 70.6 Å². The maximum atomic E-state index is 12.8. The summed E-state index contributed by atoms with van der Waals surface area (Å²) in [6.45, 7) is 5.45. The van der Waals surface area contributed by atoms with Gasteiger partial charge < -0.3 is 24.9 Å². The molecule has 9 heteroatoms. The summed E-state index contributed by atoms with van der Waals surface area (Å²) in [5.74, 6) is 0.852. The van der Waals surface area contributed by atoms with E-state index >= 15 is 0 Å². The molecule has 0 saturated heterocycles. The van der Waals surface area contributed by atoms with Gasteiger partial charge >= 0.3 is 0 Å². The Morgan fingerprint density at radius 1 is 1.23 bits per heavy atom. The number of hydrogen-bond acceptors (Lipinski definition) is 6. The van der Waals surface area contributed by atoms with E-state index in [2.05, 4.69) is 15.5 Å². The van der Waals surface area contributed by atoms with Gasteiger partial charge in [-0.2, -0.15) is 0 Å². The van der Waals surface area contributed by atoms with Gasteiger partial charge in [0.2, 0.25) is 0 Å². The quantitative estimate of drug-likeness (QED) is 0.217. The lowest BCUT2D eigenvalue weighted by Crippen LogP contribution is -2.37. The normalized spacial score (nSPS) is 12.6. The van der Waals surface area contributed by atoms with Crippen molar-refractivity contribution in [2.45, 2.75) is 45.8 Å². The van der Waals surface area contributed by atoms with E-state index in [0.29, 0.717) is 40.7 Å². The van der Waals surface area contributed by atoms with Gasteiger partial charge in [-0.15, -0.1) is 0 Å². The van der Waals surface area contributed by atoms with Gasteiger partial charge in [-0.25, -0.2) is 4.98 Å². The monoisotopic (exact) mass is 498 g/mol. The van der Waals surface area contributed by atoms with Crippen molar-refractivity contribution in [3.8, 4) is 17.0 Å². The second-order valence-corrected chi connectivity index (χ2v) is 9.05. The molecular weight excluding hydrogens is 468 g/mol. The number of carbonyl (C=O) groups is 1. The molecule has 1 amide bonds. The number of oxime groups is 1. The van der Waals surface area contributed by atoms with Crippen LogP contribution in [-0.2, 0) is 13.5 Å². The highest BCUT2D eigenvalue weighted by Gasteiger charge is 2.17. The van der Waals surface area contributed by atoms with Crippen LogP contribution in [0.25, 0.3) is 11.3 Å². The zero-order valence-corrected chi connectivity index (χ0v) is 21.1. The van der Waals surface area contributed by atoms with Gasteiger partial charge in [0.1, 0.15) is 11.5 Å². The van der Waals surface area contributed by atoms with Crippen molar-refractivity contribution in [1.29, 1.82) is 0 Å². The Morgan fingerprint density at radius 2 is 1.94 bits per heavy atom. The van der Waals surface area contributed by atoms with Gasteiger partial charge in [-0.3, -0.25) is 4.79 Å².